The number of hydrogen-bond acceptors (Lipinski definition) is 7. The van der Waals surface area contributed by atoms with Crippen LogP contribution < -0.4 is 16.4 Å². The van der Waals surface area contributed by atoms with Crippen molar-refractivity contribution in [2.24, 2.45) is 0 Å². The van der Waals surface area contributed by atoms with E-state index in [-0.39, 0.29) is 17.8 Å². The third-order valence-corrected chi connectivity index (χ3v) is 4.67. The molecule has 4 N–H and O–H groups in total. The molecular formula is C19H29N7O2. The van der Waals surface area contributed by atoms with Gasteiger partial charge in [0.2, 0.25) is 11.9 Å². The Kier molecular flexibility index (Phi) is 6.71. The van der Waals surface area contributed by atoms with Crippen LogP contribution in [0.3, 0.4) is 0 Å². The molecule has 0 saturated carbocycles. The van der Waals surface area contributed by atoms with E-state index in [2.05, 4.69) is 32.5 Å². The van der Waals surface area contributed by atoms with Gasteiger partial charge in [-0.15, -0.1) is 0 Å². The third-order valence-electron chi connectivity index (χ3n) is 4.67. The zero-order valence-electron chi connectivity index (χ0n) is 17.2. The van der Waals surface area contributed by atoms with Crippen LogP contribution >= 0.6 is 0 Å². The SMILES string of the molecule is CCCC[C@](C)(CN(C)C(C)=O)Nc1nc(N)nc2cc(C(=O)NC)cnc12. The molecule has 0 fully saturated rings. The number of anilines is 2. The van der Waals surface area contributed by atoms with Crippen LogP contribution in [0, 0.1) is 0 Å². The van der Waals surface area contributed by atoms with Crippen LogP contribution in [-0.4, -0.2) is 57.8 Å². The number of likely N-dealkylation sites (N-methyl/N-ethyl adjacent to an activating group) is 1. The number of rotatable bonds is 8. The number of nitrogens with one attached hydrogen (secondary N) is 2. The number of hydrogen-bond donors (Lipinski definition) is 3. The van der Waals surface area contributed by atoms with Crippen molar-refractivity contribution in [2.45, 2.75) is 45.6 Å². The quantitative estimate of drug-likeness (QED) is 0.630. The van der Waals surface area contributed by atoms with E-state index >= 15 is 0 Å². The number of carbonyl (C=O) groups excluding carboxylic acids is 2. The molecule has 0 aliphatic heterocycles. The predicted molar refractivity (Wildman–Crippen MR) is 110 cm³/mol. The molecule has 9 heteroatoms. The second-order valence-corrected chi connectivity index (χ2v) is 7.27. The number of carbonyl (C=O) groups is 2. The van der Waals surface area contributed by atoms with Crippen molar-refractivity contribution in [1.29, 1.82) is 0 Å². The van der Waals surface area contributed by atoms with Crippen molar-refractivity contribution in [3.05, 3.63) is 17.8 Å². The van der Waals surface area contributed by atoms with E-state index in [9.17, 15) is 9.59 Å². The lowest BCUT2D eigenvalue weighted by molar-refractivity contribution is -0.128. The molecule has 2 rings (SSSR count). The van der Waals surface area contributed by atoms with Crippen LogP contribution in [0.5, 0.6) is 0 Å². The summed E-state index contributed by atoms with van der Waals surface area (Å²) >= 11 is 0. The van der Waals surface area contributed by atoms with E-state index in [0.717, 1.165) is 19.3 Å². The number of fused-ring (bicyclic) bond motifs is 1. The number of unbranched alkanes of at least 4 members (excludes halogenated alkanes) is 1. The minimum Gasteiger partial charge on any atom is -0.368 e. The lowest BCUT2D eigenvalue weighted by Crippen LogP contribution is -2.47. The topological polar surface area (TPSA) is 126 Å². The molecule has 2 heterocycles. The largest absolute Gasteiger partial charge is 0.368 e. The molecule has 0 aliphatic rings. The Morgan fingerprint density at radius 3 is 2.64 bits per heavy atom. The Morgan fingerprint density at radius 1 is 1.32 bits per heavy atom. The molecule has 28 heavy (non-hydrogen) atoms. The van der Waals surface area contributed by atoms with Gasteiger partial charge in [-0.05, 0) is 19.4 Å². The number of nitrogens with zero attached hydrogens (tertiary/aromatic N) is 4. The zero-order valence-corrected chi connectivity index (χ0v) is 17.2. The van der Waals surface area contributed by atoms with Crippen LogP contribution in [0.2, 0.25) is 0 Å². The Morgan fingerprint density at radius 2 is 2.04 bits per heavy atom. The van der Waals surface area contributed by atoms with Crippen molar-refractivity contribution < 1.29 is 9.59 Å². The van der Waals surface area contributed by atoms with Gasteiger partial charge in [0.15, 0.2) is 5.82 Å². The first-order valence-electron chi connectivity index (χ1n) is 9.34. The van der Waals surface area contributed by atoms with E-state index < -0.39 is 5.54 Å². The summed E-state index contributed by atoms with van der Waals surface area (Å²) in [7, 11) is 3.33. The Bertz CT molecular complexity index is 871. The highest BCUT2D eigenvalue weighted by Gasteiger charge is 2.28. The van der Waals surface area contributed by atoms with Gasteiger partial charge in [0.1, 0.15) is 5.52 Å². The van der Waals surface area contributed by atoms with Gasteiger partial charge in [0.05, 0.1) is 16.6 Å². The van der Waals surface area contributed by atoms with Crippen molar-refractivity contribution in [3.8, 4) is 0 Å². The highest BCUT2D eigenvalue weighted by atomic mass is 16.2. The van der Waals surface area contributed by atoms with Gasteiger partial charge < -0.3 is 21.3 Å². The summed E-state index contributed by atoms with van der Waals surface area (Å²) in [6.45, 7) is 6.21. The Balaban J connectivity index is 2.45. The molecule has 0 aliphatic carbocycles. The molecule has 0 bridgehead atoms. The predicted octanol–water partition coefficient (Wildman–Crippen LogP) is 1.81. The fourth-order valence-corrected chi connectivity index (χ4v) is 3.06. The number of amides is 2. The summed E-state index contributed by atoms with van der Waals surface area (Å²) < 4.78 is 0. The van der Waals surface area contributed by atoms with Crippen molar-refractivity contribution in [3.63, 3.8) is 0 Å². The van der Waals surface area contributed by atoms with E-state index in [1.165, 1.54) is 6.20 Å². The zero-order chi connectivity index (χ0) is 20.9. The molecule has 2 amide bonds. The van der Waals surface area contributed by atoms with E-state index in [1.807, 2.05) is 6.92 Å². The van der Waals surface area contributed by atoms with E-state index in [1.54, 1.807) is 32.0 Å². The molecule has 2 aromatic heterocycles. The summed E-state index contributed by atoms with van der Waals surface area (Å²) in [5, 5.41) is 6.00. The fourth-order valence-electron chi connectivity index (χ4n) is 3.06. The molecular weight excluding hydrogens is 358 g/mol. The Labute approximate surface area is 165 Å². The molecule has 0 radical (unpaired) electrons. The second kappa shape index (κ2) is 8.81. The minimum absolute atomic E-state index is 0.00933. The molecule has 9 nitrogen and oxygen atoms in total. The van der Waals surface area contributed by atoms with E-state index in [4.69, 9.17) is 5.73 Å². The normalized spacial score (nSPS) is 13.0. The molecule has 1 atom stereocenters. The van der Waals surface area contributed by atoms with E-state index in [0.29, 0.717) is 29.0 Å². The van der Waals surface area contributed by atoms with Crippen LogP contribution in [-0.2, 0) is 4.79 Å². The summed E-state index contributed by atoms with van der Waals surface area (Å²) in [5.74, 6) is 0.312. The van der Waals surface area contributed by atoms with Crippen molar-refractivity contribution >= 4 is 34.6 Å². The molecule has 2 aromatic rings. The lowest BCUT2D eigenvalue weighted by Gasteiger charge is -2.35. The first-order chi connectivity index (χ1) is 13.2. The van der Waals surface area contributed by atoms with Crippen molar-refractivity contribution in [1.82, 2.24) is 25.2 Å². The van der Waals surface area contributed by atoms with Gasteiger partial charge in [-0.2, -0.15) is 4.98 Å². The standard InChI is InChI=1S/C19H29N7O2/c1-6-7-8-19(3,11-26(5)12(2)27)25-16-15-14(23-18(20)24-16)9-13(10-22-15)17(28)21-4/h9-10H,6-8,11H2,1-5H3,(H,21,28)(H3,20,23,24,25)/t19-/m1/s1. The number of nitrogen functional groups attached to an aromatic ring is 1. The summed E-state index contributed by atoms with van der Waals surface area (Å²) in [5.41, 5.74) is 6.87. The summed E-state index contributed by atoms with van der Waals surface area (Å²) in [6, 6.07) is 1.63. The van der Waals surface area contributed by atoms with Crippen LogP contribution in [0.15, 0.2) is 12.3 Å². The van der Waals surface area contributed by atoms with Crippen LogP contribution in [0.1, 0.15) is 50.4 Å². The first-order valence-corrected chi connectivity index (χ1v) is 9.34. The second-order valence-electron chi connectivity index (χ2n) is 7.27. The molecule has 152 valence electrons. The average Bonchev–Trinajstić information content (AvgIpc) is 2.64. The third kappa shape index (κ3) is 5.05. The maximum Gasteiger partial charge on any atom is 0.252 e. The summed E-state index contributed by atoms with van der Waals surface area (Å²) in [4.78, 5) is 38.2. The number of nitrogens with two attached hydrogens (primary N) is 1. The minimum atomic E-state index is -0.425. The van der Waals surface area contributed by atoms with Gasteiger partial charge in [0.25, 0.3) is 5.91 Å². The highest BCUT2D eigenvalue weighted by Crippen LogP contribution is 2.26. The average molecular weight is 387 g/mol. The maximum atomic E-state index is 11.9. The highest BCUT2D eigenvalue weighted by molar-refractivity contribution is 5.98. The van der Waals surface area contributed by atoms with Gasteiger partial charge >= 0.3 is 0 Å². The Hall–Kier alpha value is -2.97. The monoisotopic (exact) mass is 387 g/mol. The number of pyridine rings is 1. The first kappa shape index (κ1) is 21.3. The van der Waals surface area contributed by atoms with Gasteiger partial charge in [-0.3, -0.25) is 9.59 Å². The maximum absolute atomic E-state index is 11.9. The smallest absolute Gasteiger partial charge is 0.252 e. The van der Waals surface area contributed by atoms with Gasteiger partial charge in [-0.25, -0.2) is 9.97 Å². The van der Waals surface area contributed by atoms with Crippen molar-refractivity contribution in [2.75, 3.05) is 31.7 Å². The van der Waals surface area contributed by atoms with Gasteiger partial charge in [-0.1, -0.05) is 19.8 Å². The fraction of sp³-hybridized carbons (Fsp3) is 0.526. The number of aromatic nitrogens is 3. The molecule has 0 unspecified atom stereocenters. The molecule has 0 aromatic carbocycles. The van der Waals surface area contributed by atoms with Crippen LogP contribution in [0.25, 0.3) is 11.0 Å². The van der Waals surface area contributed by atoms with Crippen LogP contribution in [0.4, 0.5) is 11.8 Å². The molecule has 0 saturated heterocycles. The summed E-state index contributed by atoms with van der Waals surface area (Å²) in [6.07, 6.45) is 4.34. The molecule has 0 spiro atoms. The van der Waals surface area contributed by atoms with Gasteiger partial charge in [0, 0.05) is 33.8 Å². The lowest BCUT2D eigenvalue weighted by atomic mass is 9.94.